The molecule has 1 heterocycles. The van der Waals surface area contributed by atoms with Crippen LogP contribution in [-0.4, -0.2) is 22.3 Å². The third-order valence-corrected chi connectivity index (χ3v) is 6.61. The second kappa shape index (κ2) is 12.9. The van der Waals surface area contributed by atoms with Gasteiger partial charge in [0, 0.05) is 22.3 Å². The van der Waals surface area contributed by atoms with Gasteiger partial charge >= 0.3 is 0 Å². The van der Waals surface area contributed by atoms with Crippen molar-refractivity contribution >= 4 is 33.8 Å². The first kappa shape index (κ1) is 29.0. The number of Topliss-reactive ketones (excluding diaryl/α,β-unsaturated/α-hetero) is 2. The molecule has 5 aromatic rings. The first-order chi connectivity index (χ1) is 19.6. The standard InChI is InChI=1S/C16H10F2N2OS.C15H10F2O2/c17-11-5-1-9(2-6-11)13-15(22-16(19)20-13)14(21)10-3-7-12(18)8-4-10;16-12-5-1-10(2-6-12)14(18)9-15(19)11-3-7-13(17)8-4-11/h1-8H,(H2,19,20);1-8H,9H2. The number of thiazole rings is 1. The van der Waals surface area contributed by atoms with Crippen molar-refractivity contribution in [2.45, 2.75) is 6.42 Å². The lowest BCUT2D eigenvalue weighted by atomic mass is 10.0. The van der Waals surface area contributed by atoms with Gasteiger partial charge in [-0.15, -0.1) is 0 Å². The molecule has 0 aliphatic carbocycles. The molecule has 0 saturated heterocycles. The fourth-order valence-corrected chi connectivity index (χ4v) is 4.46. The zero-order valence-corrected chi connectivity index (χ0v) is 21.9. The number of ketones is 3. The fourth-order valence-electron chi connectivity index (χ4n) is 3.65. The van der Waals surface area contributed by atoms with Gasteiger partial charge in [-0.05, 0) is 97.1 Å². The highest BCUT2D eigenvalue weighted by Gasteiger charge is 2.20. The molecule has 5 nitrogen and oxygen atoms in total. The van der Waals surface area contributed by atoms with Crippen LogP contribution >= 0.6 is 11.3 Å². The van der Waals surface area contributed by atoms with E-state index in [9.17, 15) is 31.9 Å². The number of anilines is 1. The Bertz CT molecular complexity index is 1630. The van der Waals surface area contributed by atoms with E-state index in [0.29, 0.717) is 21.7 Å². The Labute approximate surface area is 235 Å². The quantitative estimate of drug-likeness (QED) is 0.125. The van der Waals surface area contributed by atoms with Gasteiger partial charge in [-0.25, -0.2) is 22.5 Å². The molecule has 5 rings (SSSR count). The maximum atomic E-state index is 13.0. The lowest BCUT2D eigenvalue weighted by Gasteiger charge is -2.02. The minimum Gasteiger partial charge on any atom is -0.375 e. The van der Waals surface area contributed by atoms with Crippen LogP contribution in [0.15, 0.2) is 97.1 Å². The summed E-state index contributed by atoms with van der Waals surface area (Å²) in [5.74, 6) is -2.77. The molecule has 0 atom stereocenters. The maximum Gasteiger partial charge on any atom is 0.205 e. The van der Waals surface area contributed by atoms with Gasteiger partial charge in [0.15, 0.2) is 16.7 Å². The van der Waals surface area contributed by atoms with Gasteiger partial charge in [0.25, 0.3) is 0 Å². The van der Waals surface area contributed by atoms with Crippen molar-refractivity contribution in [2.75, 3.05) is 5.73 Å². The van der Waals surface area contributed by atoms with Crippen molar-refractivity contribution in [1.29, 1.82) is 0 Å². The minimum atomic E-state index is -0.443. The second-order valence-corrected chi connectivity index (χ2v) is 9.64. The Morgan fingerprint density at radius 1 is 0.585 bits per heavy atom. The Morgan fingerprint density at radius 2 is 0.951 bits per heavy atom. The van der Waals surface area contributed by atoms with Crippen LogP contribution in [0.1, 0.15) is 42.4 Å². The maximum absolute atomic E-state index is 13.0. The smallest absolute Gasteiger partial charge is 0.205 e. The van der Waals surface area contributed by atoms with E-state index in [2.05, 4.69) is 4.98 Å². The number of hydrogen-bond donors (Lipinski definition) is 1. The van der Waals surface area contributed by atoms with E-state index in [1.54, 1.807) is 0 Å². The van der Waals surface area contributed by atoms with E-state index >= 15 is 0 Å². The summed E-state index contributed by atoms with van der Waals surface area (Å²) in [5, 5.41) is 0.241. The molecule has 0 unspecified atom stereocenters. The first-order valence-electron chi connectivity index (χ1n) is 12.0. The molecule has 0 fully saturated rings. The van der Waals surface area contributed by atoms with E-state index in [1.807, 2.05) is 0 Å². The summed E-state index contributed by atoms with van der Waals surface area (Å²) >= 11 is 1.05. The van der Waals surface area contributed by atoms with Crippen molar-refractivity contribution in [3.63, 3.8) is 0 Å². The van der Waals surface area contributed by atoms with Crippen molar-refractivity contribution in [3.05, 3.63) is 142 Å². The molecular formula is C31H20F4N2O3S. The number of carbonyl (C=O) groups excluding carboxylic acids is 3. The average Bonchev–Trinajstić information content (AvgIpc) is 3.36. The highest BCUT2D eigenvalue weighted by atomic mass is 32.1. The van der Waals surface area contributed by atoms with Crippen LogP contribution in [0.25, 0.3) is 11.3 Å². The van der Waals surface area contributed by atoms with Gasteiger partial charge in [0.2, 0.25) is 5.78 Å². The number of halogens is 4. The number of carbonyl (C=O) groups is 3. The molecule has 10 heteroatoms. The summed E-state index contributed by atoms with van der Waals surface area (Å²) in [6.45, 7) is 0. The Kier molecular flexibility index (Phi) is 9.15. The van der Waals surface area contributed by atoms with Gasteiger partial charge in [0.1, 0.15) is 28.1 Å². The second-order valence-electron chi connectivity index (χ2n) is 8.61. The molecule has 0 aliphatic heterocycles. The van der Waals surface area contributed by atoms with Gasteiger partial charge < -0.3 is 5.73 Å². The third kappa shape index (κ3) is 7.58. The molecular weight excluding hydrogens is 556 g/mol. The normalized spacial score (nSPS) is 10.4. The lowest BCUT2D eigenvalue weighted by Crippen LogP contribution is -2.08. The molecule has 0 bridgehead atoms. The number of hydrogen-bond acceptors (Lipinski definition) is 6. The van der Waals surface area contributed by atoms with Gasteiger partial charge in [-0.1, -0.05) is 11.3 Å². The third-order valence-electron chi connectivity index (χ3n) is 5.73. The zero-order chi connectivity index (χ0) is 29.5. The number of aromatic nitrogens is 1. The molecule has 0 radical (unpaired) electrons. The van der Waals surface area contributed by atoms with Crippen LogP contribution < -0.4 is 5.73 Å². The van der Waals surface area contributed by atoms with Crippen LogP contribution in [0, 0.1) is 23.3 Å². The first-order valence-corrected chi connectivity index (χ1v) is 12.8. The molecule has 0 spiro atoms. The highest BCUT2D eigenvalue weighted by molar-refractivity contribution is 7.18. The van der Waals surface area contributed by atoms with Gasteiger partial charge in [0.05, 0.1) is 12.1 Å². The molecule has 0 saturated carbocycles. The fraction of sp³-hybridized carbons (Fsp3) is 0.0323. The summed E-state index contributed by atoms with van der Waals surface area (Å²) in [6.07, 6.45) is -0.322. The molecule has 41 heavy (non-hydrogen) atoms. The van der Waals surface area contributed by atoms with E-state index < -0.39 is 29.0 Å². The predicted octanol–water partition coefficient (Wildman–Crippen LogP) is 7.32. The molecule has 4 aromatic carbocycles. The predicted molar refractivity (Wildman–Crippen MR) is 148 cm³/mol. The molecule has 1 aromatic heterocycles. The van der Waals surface area contributed by atoms with Crippen LogP contribution in [0.4, 0.5) is 22.7 Å². The van der Waals surface area contributed by atoms with E-state index in [0.717, 1.165) is 35.6 Å². The molecule has 206 valence electrons. The van der Waals surface area contributed by atoms with Crippen LogP contribution in [0.2, 0.25) is 0 Å². The summed E-state index contributed by atoms with van der Waals surface area (Å²) in [4.78, 5) is 40.6. The summed E-state index contributed by atoms with van der Waals surface area (Å²) in [7, 11) is 0. The Hall–Kier alpha value is -4.96. The lowest BCUT2D eigenvalue weighted by molar-refractivity contribution is 0.0893. The van der Waals surface area contributed by atoms with Crippen molar-refractivity contribution in [2.24, 2.45) is 0 Å². The van der Waals surface area contributed by atoms with Crippen LogP contribution in [0.5, 0.6) is 0 Å². The SMILES string of the molecule is Nc1nc(-c2ccc(F)cc2)c(C(=O)c2ccc(F)cc2)s1.O=C(CC(=O)c1ccc(F)cc1)c1ccc(F)cc1. The Balaban J connectivity index is 0.000000191. The zero-order valence-electron chi connectivity index (χ0n) is 21.1. The number of rotatable bonds is 7. The van der Waals surface area contributed by atoms with Crippen LogP contribution in [0.3, 0.4) is 0 Å². The average molecular weight is 577 g/mol. The van der Waals surface area contributed by atoms with Crippen LogP contribution in [-0.2, 0) is 0 Å². The molecule has 2 N–H and O–H groups in total. The highest BCUT2D eigenvalue weighted by Crippen LogP contribution is 2.31. The van der Waals surface area contributed by atoms with E-state index in [-0.39, 0.29) is 34.3 Å². The van der Waals surface area contributed by atoms with Crippen molar-refractivity contribution in [3.8, 4) is 11.3 Å². The largest absolute Gasteiger partial charge is 0.375 e. The number of nitrogen functional groups attached to an aromatic ring is 1. The summed E-state index contributed by atoms with van der Waals surface area (Å²) in [5.41, 5.74) is 7.60. The van der Waals surface area contributed by atoms with Crippen molar-refractivity contribution in [1.82, 2.24) is 4.98 Å². The summed E-state index contributed by atoms with van der Waals surface area (Å²) < 4.78 is 51.4. The van der Waals surface area contributed by atoms with Gasteiger partial charge in [-0.2, -0.15) is 0 Å². The van der Waals surface area contributed by atoms with E-state index in [1.165, 1.54) is 72.8 Å². The van der Waals surface area contributed by atoms with E-state index in [4.69, 9.17) is 5.73 Å². The molecule has 0 aliphatic rings. The number of nitrogens with zero attached hydrogens (tertiary/aromatic N) is 1. The summed E-state index contributed by atoms with van der Waals surface area (Å²) in [6, 6.07) is 20.9. The van der Waals surface area contributed by atoms with Gasteiger partial charge in [-0.3, -0.25) is 14.4 Å². The topological polar surface area (TPSA) is 90.1 Å². The minimum absolute atomic E-state index is 0.241. The number of benzene rings is 4. The molecule has 0 amide bonds. The number of nitrogens with two attached hydrogens (primary N) is 1. The monoisotopic (exact) mass is 576 g/mol. The Morgan fingerprint density at radius 3 is 1.37 bits per heavy atom. The van der Waals surface area contributed by atoms with Crippen molar-refractivity contribution < 1.29 is 31.9 Å².